The molecule has 2 aliphatic rings. The molecule has 8 aromatic rings. The fraction of sp³-hybridized carbons (Fsp3) is 0.188. The van der Waals surface area contributed by atoms with Gasteiger partial charge in [-0.2, -0.15) is 0 Å². The fourth-order valence-corrected chi connectivity index (χ4v) is 31.3. The number of fused-ring (bicyclic) bond motifs is 2. The molecular formula is C64H59Cl2Zr. The molecule has 0 saturated carbocycles. The molecule has 8 aromatic carbocycles. The minimum absolute atomic E-state index is 0.0661. The van der Waals surface area contributed by atoms with Crippen LogP contribution in [0, 0.1) is 41.5 Å². The molecule has 0 spiro atoms. The zero-order chi connectivity index (χ0) is 47.0. The number of benzene rings is 8. The monoisotopic (exact) mass is 987 g/mol. The summed E-state index contributed by atoms with van der Waals surface area (Å²) in [5.41, 5.74) is 30.3. The van der Waals surface area contributed by atoms with Gasteiger partial charge in [0.05, 0.1) is 0 Å². The van der Waals surface area contributed by atoms with Crippen LogP contribution in [0.25, 0.3) is 78.9 Å². The van der Waals surface area contributed by atoms with E-state index < -0.39 is 16.4 Å². The molecule has 2 unspecified atom stereocenters. The van der Waals surface area contributed by atoms with Crippen molar-refractivity contribution in [3.8, 4) is 66.8 Å². The Kier molecular flexibility index (Phi) is 11.8. The molecule has 2 atom stereocenters. The zero-order valence-corrected chi connectivity index (χ0v) is 44.3. The standard InChI is InChI=1S/2C31H27.C2H5.2ClH.Zr/c2*1-20-15-29-22(3)21(2)23(4)31(30(29)16-20)28-18-26(24-11-7-5-8-12-24)17-27(19-28)25-13-9-6-10-14-25;1-2;;;/h2*5-19H,1-4H3;1H2,2H3;2*1H;/q;;;;;+2/p-2. The van der Waals surface area contributed by atoms with E-state index in [-0.39, 0.29) is 7.25 Å². The van der Waals surface area contributed by atoms with E-state index in [1.165, 1.54) is 134 Å². The summed E-state index contributed by atoms with van der Waals surface area (Å²) < 4.78 is 0.619. The van der Waals surface area contributed by atoms with Crippen molar-refractivity contribution in [2.24, 2.45) is 0 Å². The van der Waals surface area contributed by atoms with Crippen LogP contribution in [0.3, 0.4) is 0 Å². The third-order valence-corrected chi connectivity index (χ3v) is 37.0. The van der Waals surface area contributed by atoms with Gasteiger partial charge < -0.3 is 0 Å². The predicted octanol–water partition coefficient (Wildman–Crippen LogP) is 19.6. The van der Waals surface area contributed by atoms with Crippen LogP contribution >= 0.6 is 17.0 Å². The van der Waals surface area contributed by atoms with Gasteiger partial charge in [0.15, 0.2) is 0 Å². The van der Waals surface area contributed by atoms with Gasteiger partial charge in [-0.15, -0.1) is 0 Å². The van der Waals surface area contributed by atoms with Gasteiger partial charge in [0.2, 0.25) is 0 Å². The number of hydrogen-bond acceptors (Lipinski definition) is 0. The summed E-state index contributed by atoms with van der Waals surface area (Å²) in [6, 6.07) is 57.4. The van der Waals surface area contributed by atoms with Gasteiger partial charge in [-0.25, -0.2) is 0 Å². The number of halogens is 2. The van der Waals surface area contributed by atoms with Crippen molar-refractivity contribution in [1.29, 1.82) is 0 Å². The molecule has 0 fully saturated rings. The molecule has 0 saturated heterocycles. The van der Waals surface area contributed by atoms with Gasteiger partial charge in [-0.05, 0) is 0 Å². The first-order valence-corrected chi connectivity index (χ1v) is 34.8. The van der Waals surface area contributed by atoms with E-state index in [9.17, 15) is 0 Å². The fourth-order valence-electron chi connectivity index (χ4n) is 12.1. The number of allylic oxidation sites excluding steroid dienone is 2. The Morgan fingerprint density at radius 1 is 0.343 bits per heavy atom. The predicted molar refractivity (Wildman–Crippen MR) is 289 cm³/mol. The molecule has 0 radical (unpaired) electrons. The van der Waals surface area contributed by atoms with Crippen LogP contribution in [0.2, 0.25) is 4.13 Å². The van der Waals surface area contributed by atoms with Crippen LogP contribution in [-0.4, -0.2) is 0 Å². The summed E-state index contributed by atoms with van der Waals surface area (Å²) in [5, 5.41) is 0. The maximum atomic E-state index is 8.88. The van der Waals surface area contributed by atoms with Crippen molar-refractivity contribution in [2.75, 3.05) is 0 Å². The van der Waals surface area contributed by atoms with E-state index in [1.807, 2.05) is 0 Å². The van der Waals surface area contributed by atoms with Gasteiger partial charge in [0.1, 0.15) is 0 Å². The second kappa shape index (κ2) is 17.3. The topological polar surface area (TPSA) is 0 Å². The molecule has 0 bridgehead atoms. The van der Waals surface area contributed by atoms with Crippen molar-refractivity contribution in [2.45, 2.75) is 73.7 Å². The van der Waals surface area contributed by atoms with Gasteiger partial charge in [-0.3, -0.25) is 0 Å². The van der Waals surface area contributed by atoms with Crippen LogP contribution in [0.15, 0.2) is 169 Å². The Hall–Kier alpha value is -5.30. The second-order valence-electron chi connectivity index (χ2n) is 19.6. The van der Waals surface area contributed by atoms with Crippen molar-refractivity contribution in [1.82, 2.24) is 0 Å². The van der Waals surface area contributed by atoms with Crippen molar-refractivity contribution >= 4 is 29.2 Å². The third-order valence-electron chi connectivity index (χ3n) is 15.9. The molecule has 0 aliphatic heterocycles. The van der Waals surface area contributed by atoms with Gasteiger partial charge in [0, 0.05) is 0 Å². The Bertz CT molecular complexity index is 2990. The molecule has 333 valence electrons. The molecule has 3 heteroatoms. The number of hydrogen-bond donors (Lipinski definition) is 0. The summed E-state index contributed by atoms with van der Waals surface area (Å²) in [6.45, 7) is 20.8. The Labute approximate surface area is 407 Å². The molecule has 0 N–H and O–H groups in total. The summed E-state index contributed by atoms with van der Waals surface area (Å²) in [4.78, 5) is 0. The van der Waals surface area contributed by atoms with Crippen LogP contribution < -0.4 is 0 Å². The van der Waals surface area contributed by atoms with E-state index in [1.54, 1.807) is 0 Å². The Morgan fingerprint density at radius 3 is 0.881 bits per heavy atom. The minimum atomic E-state index is -5.17. The normalized spacial score (nSPS) is 16.0. The van der Waals surface area contributed by atoms with Crippen molar-refractivity contribution in [3.63, 3.8) is 0 Å². The first kappa shape index (κ1) is 45.5. The van der Waals surface area contributed by atoms with E-state index >= 15 is 0 Å². The Balaban J connectivity index is 1.18. The van der Waals surface area contributed by atoms with Crippen LogP contribution in [0.5, 0.6) is 0 Å². The summed E-state index contributed by atoms with van der Waals surface area (Å²) in [5.74, 6) is 0. The SMILES string of the molecule is C[CH2][Zr]([Cl])([Cl])([CH]1C(C)=Cc2c(-c3cc(-c4ccccc4)cc(-c4ccccc4)c3)c(C)c(C)c(C)c21)[CH]1C(C)=Cc2c(-c3cc(-c4ccccc4)cc(-c4ccccc4)c3)c(C)c(C)c(C)c21. The number of rotatable bonds is 9. The van der Waals surface area contributed by atoms with Crippen molar-refractivity contribution in [3.05, 3.63) is 225 Å². The van der Waals surface area contributed by atoms with Crippen molar-refractivity contribution < 1.29 is 16.4 Å². The molecule has 0 heterocycles. The van der Waals surface area contributed by atoms with Gasteiger partial charge in [-0.1, -0.05) is 0 Å². The average molecular weight is 990 g/mol. The maximum absolute atomic E-state index is 8.88. The van der Waals surface area contributed by atoms with Gasteiger partial charge in [0.25, 0.3) is 0 Å². The first-order chi connectivity index (χ1) is 32.2. The summed E-state index contributed by atoms with van der Waals surface area (Å²) in [7, 11) is 17.8. The first-order valence-electron chi connectivity index (χ1n) is 23.9. The van der Waals surface area contributed by atoms with E-state index in [2.05, 4.69) is 232 Å². The van der Waals surface area contributed by atoms with Crippen LogP contribution in [-0.2, 0) is 16.4 Å². The molecule has 0 nitrogen and oxygen atoms in total. The van der Waals surface area contributed by atoms with E-state index in [0.29, 0.717) is 0 Å². The molecule has 2 aliphatic carbocycles. The van der Waals surface area contributed by atoms with Crippen LogP contribution in [0.1, 0.15) is 83.7 Å². The van der Waals surface area contributed by atoms with Gasteiger partial charge >= 0.3 is 411 Å². The quantitative estimate of drug-likeness (QED) is 0.135. The van der Waals surface area contributed by atoms with E-state index in [4.69, 9.17) is 17.0 Å². The zero-order valence-electron chi connectivity index (χ0n) is 40.3. The molecule has 0 aromatic heterocycles. The Morgan fingerprint density at radius 2 is 0.612 bits per heavy atom. The molecule has 0 amide bonds. The molecular weight excluding hydrogens is 931 g/mol. The molecule has 10 rings (SSSR count). The summed E-state index contributed by atoms with van der Waals surface area (Å²) in [6.07, 6.45) is 4.93. The summed E-state index contributed by atoms with van der Waals surface area (Å²) >= 11 is -5.17. The third kappa shape index (κ3) is 7.53. The van der Waals surface area contributed by atoms with E-state index in [0.717, 1.165) is 4.13 Å². The second-order valence-corrected chi connectivity index (χ2v) is 42.5. The molecule has 67 heavy (non-hydrogen) atoms. The van der Waals surface area contributed by atoms with Crippen LogP contribution in [0.4, 0.5) is 0 Å². The average Bonchev–Trinajstić information content (AvgIpc) is 3.91.